The Hall–Kier alpha value is -3.21. The number of nitrogens with two attached hydrogens (primary N) is 1. The highest BCUT2D eigenvalue weighted by molar-refractivity contribution is 5.81. The Kier molecular flexibility index (Phi) is 4.42. The van der Waals surface area contributed by atoms with Crippen molar-refractivity contribution in [3.63, 3.8) is 0 Å². The number of fused-ring (bicyclic) bond motifs is 1. The number of rotatable bonds is 3. The lowest BCUT2D eigenvalue weighted by molar-refractivity contribution is -0.161. The van der Waals surface area contributed by atoms with Crippen LogP contribution in [0.25, 0.3) is 11.0 Å². The molecule has 4 saturated carbocycles. The smallest absolute Gasteiger partial charge is 0.410 e. The first-order valence-corrected chi connectivity index (χ1v) is 11.8. The summed E-state index contributed by atoms with van der Waals surface area (Å²) in [5.74, 6) is 3.34. The van der Waals surface area contributed by atoms with Gasteiger partial charge in [-0.2, -0.15) is 0 Å². The summed E-state index contributed by atoms with van der Waals surface area (Å²) in [7, 11) is 0. The predicted molar refractivity (Wildman–Crippen MR) is 121 cm³/mol. The number of nitrogens with zero attached hydrogens (tertiary/aromatic N) is 2. The molecule has 1 aliphatic heterocycles. The number of hydrogen-bond donors (Lipinski definition) is 2. The number of primary amides is 1. The van der Waals surface area contributed by atoms with Gasteiger partial charge in [-0.1, -0.05) is 5.92 Å². The van der Waals surface area contributed by atoms with E-state index >= 15 is 0 Å². The number of nitrogens with one attached hydrogen (secondary N) is 1. The monoisotopic (exact) mass is 448 g/mol. The molecule has 172 valence electrons. The number of aromatic amines is 1. The number of H-pyrrole nitrogens is 1. The van der Waals surface area contributed by atoms with Crippen LogP contribution in [0.1, 0.15) is 50.1 Å². The van der Waals surface area contributed by atoms with E-state index in [9.17, 15) is 14.4 Å². The second-order valence-corrected chi connectivity index (χ2v) is 10.5. The second-order valence-electron chi connectivity index (χ2n) is 10.5. The first-order chi connectivity index (χ1) is 15.9. The quantitative estimate of drug-likeness (QED) is 0.703. The molecule has 0 spiro atoms. The molecule has 3 atom stereocenters. The highest BCUT2D eigenvalue weighted by atomic mass is 16.6. The Morgan fingerprint density at radius 1 is 1.21 bits per heavy atom. The van der Waals surface area contributed by atoms with Crippen LogP contribution in [0.2, 0.25) is 0 Å². The molecule has 1 aromatic carbocycles. The minimum Gasteiger partial charge on any atom is -0.446 e. The molecule has 33 heavy (non-hydrogen) atoms. The van der Waals surface area contributed by atoms with Crippen molar-refractivity contribution in [3.05, 3.63) is 34.2 Å². The zero-order valence-electron chi connectivity index (χ0n) is 18.5. The molecule has 2 heterocycles. The van der Waals surface area contributed by atoms with Gasteiger partial charge in [0.2, 0.25) is 5.91 Å². The average Bonchev–Trinajstić information content (AvgIpc) is 3.38. The maximum atomic E-state index is 13.1. The summed E-state index contributed by atoms with van der Waals surface area (Å²) >= 11 is 0. The van der Waals surface area contributed by atoms with Crippen LogP contribution in [-0.2, 0) is 9.53 Å². The normalized spacial score (nSPS) is 34.5. The van der Waals surface area contributed by atoms with Gasteiger partial charge in [0, 0.05) is 18.7 Å². The van der Waals surface area contributed by atoms with Crippen LogP contribution >= 0.6 is 0 Å². The topological polar surface area (TPSA) is 110 Å². The lowest BCUT2D eigenvalue weighted by Crippen LogP contribution is -2.59. The fraction of sp³-hybridized carbons (Fsp3) is 0.560. The van der Waals surface area contributed by atoms with Gasteiger partial charge in [0.1, 0.15) is 6.10 Å². The zero-order valence-corrected chi connectivity index (χ0v) is 18.5. The minimum atomic E-state index is -0.395. The zero-order chi connectivity index (χ0) is 22.9. The molecule has 4 bridgehead atoms. The summed E-state index contributed by atoms with van der Waals surface area (Å²) in [5.41, 5.74) is 7.38. The third-order valence-corrected chi connectivity index (χ3v) is 8.62. The molecule has 5 aliphatic rings. The van der Waals surface area contributed by atoms with Crippen molar-refractivity contribution in [2.75, 3.05) is 13.1 Å². The van der Waals surface area contributed by atoms with Crippen molar-refractivity contribution in [2.45, 2.75) is 50.7 Å². The molecule has 5 fully saturated rings. The number of likely N-dealkylation sites (tertiary alicyclic amines) is 1. The Morgan fingerprint density at radius 2 is 1.97 bits per heavy atom. The number of aromatic nitrogens is 2. The van der Waals surface area contributed by atoms with Crippen molar-refractivity contribution in [1.82, 2.24) is 14.5 Å². The summed E-state index contributed by atoms with van der Waals surface area (Å²) in [5, 5.41) is 0. The van der Waals surface area contributed by atoms with Crippen molar-refractivity contribution in [3.8, 4) is 12.3 Å². The van der Waals surface area contributed by atoms with Gasteiger partial charge in [0.15, 0.2) is 0 Å². The van der Waals surface area contributed by atoms with Crippen molar-refractivity contribution >= 4 is 23.0 Å². The largest absolute Gasteiger partial charge is 0.446 e. The number of imidazole rings is 1. The molecule has 2 amide bonds. The number of amides is 2. The number of terminal acetylenes is 1. The van der Waals surface area contributed by atoms with E-state index in [4.69, 9.17) is 16.9 Å². The number of ether oxygens (including phenoxy) is 1. The number of benzene rings is 1. The molecule has 3 N–H and O–H groups in total. The van der Waals surface area contributed by atoms with Crippen LogP contribution in [0.15, 0.2) is 23.0 Å². The van der Waals surface area contributed by atoms with Gasteiger partial charge in [0.05, 0.1) is 22.5 Å². The Balaban J connectivity index is 1.16. The summed E-state index contributed by atoms with van der Waals surface area (Å²) in [6.45, 7) is 0.972. The van der Waals surface area contributed by atoms with Crippen molar-refractivity contribution < 1.29 is 14.3 Å². The van der Waals surface area contributed by atoms with Crippen molar-refractivity contribution in [2.24, 2.45) is 28.9 Å². The number of carbonyl (C=O) groups excluding carboxylic acids is 2. The standard InChI is InChI=1S/C25H28N4O4/c1-2-14-3-4-20-19(9-14)27-23(31)29(20)18-5-6-28(13-18)24(32)33-21-16-7-15-8-17(21)12-25(10-15,11-16)22(26)30/h1,3-4,9,15-18,21H,5-8,10-13H2,(H2,26,30)(H,27,31)/t15?,16?,17?,18-,21?,25?/m0/s1. The highest BCUT2D eigenvalue weighted by Gasteiger charge is 2.59. The number of hydrogen-bond acceptors (Lipinski definition) is 4. The molecular weight excluding hydrogens is 420 g/mol. The third kappa shape index (κ3) is 3.09. The van der Waals surface area contributed by atoms with Crippen molar-refractivity contribution in [1.29, 1.82) is 0 Å². The van der Waals surface area contributed by atoms with E-state index in [-0.39, 0.29) is 41.7 Å². The summed E-state index contributed by atoms with van der Waals surface area (Å²) < 4.78 is 7.79. The van der Waals surface area contributed by atoms with Gasteiger partial charge in [0.25, 0.3) is 0 Å². The van der Waals surface area contributed by atoms with Gasteiger partial charge in [-0.15, -0.1) is 6.42 Å². The van der Waals surface area contributed by atoms with Crippen LogP contribution < -0.4 is 11.4 Å². The molecule has 2 unspecified atom stereocenters. The maximum Gasteiger partial charge on any atom is 0.410 e. The highest BCUT2D eigenvalue weighted by Crippen LogP contribution is 2.60. The molecule has 4 aliphatic carbocycles. The lowest BCUT2D eigenvalue weighted by atomic mass is 9.48. The Morgan fingerprint density at radius 3 is 2.67 bits per heavy atom. The Labute approximate surface area is 191 Å². The molecular formula is C25H28N4O4. The lowest BCUT2D eigenvalue weighted by Gasteiger charge is -2.58. The molecule has 2 aromatic rings. The van der Waals surface area contributed by atoms with Gasteiger partial charge in [-0.05, 0) is 74.5 Å². The second kappa shape index (κ2) is 7.14. The molecule has 1 saturated heterocycles. The average molecular weight is 449 g/mol. The molecule has 7 rings (SSSR count). The summed E-state index contributed by atoms with van der Waals surface area (Å²) in [6, 6.07) is 5.34. The SMILES string of the molecule is C#Cc1ccc2c(c1)[nH]c(=O)n2[C@H]1CCN(C(=O)OC2C3CC4CC2CC(C(N)=O)(C4)C3)C1. The van der Waals surface area contributed by atoms with E-state index < -0.39 is 5.41 Å². The first-order valence-electron chi connectivity index (χ1n) is 11.8. The first kappa shape index (κ1) is 20.4. The van der Waals surface area contributed by atoms with Crippen LogP contribution in [-0.4, -0.2) is 45.6 Å². The molecule has 0 radical (unpaired) electrons. The summed E-state index contributed by atoms with van der Waals surface area (Å²) in [4.78, 5) is 42.5. The predicted octanol–water partition coefficient (Wildman–Crippen LogP) is 2.37. The van der Waals surface area contributed by atoms with E-state index in [1.54, 1.807) is 15.5 Å². The van der Waals surface area contributed by atoms with Crippen LogP contribution in [0, 0.1) is 35.5 Å². The van der Waals surface area contributed by atoms with Gasteiger partial charge in [-0.3, -0.25) is 9.36 Å². The fourth-order valence-electron chi connectivity index (χ4n) is 7.36. The van der Waals surface area contributed by atoms with E-state index in [1.165, 1.54) is 0 Å². The van der Waals surface area contributed by atoms with Gasteiger partial charge < -0.3 is 20.4 Å². The molecule has 8 heteroatoms. The fourth-order valence-corrected chi connectivity index (χ4v) is 7.36. The third-order valence-electron chi connectivity index (χ3n) is 8.62. The minimum absolute atomic E-state index is 0.118. The summed E-state index contributed by atoms with van der Waals surface area (Å²) in [6.07, 6.45) is 10.1. The van der Waals surface area contributed by atoms with E-state index in [1.807, 2.05) is 12.1 Å². The molecule has 1 aromatic heterocycles. The van der Waals surface area contributed by atoms with Crippen LogP contribution in [0.5, 0.6) is 0 Å². The van der Waals surface area contributed by atoms with Gasteiger partial charge in [-0.25, -0.2) is 9.59 Å². The van der Waals surface area contributed by atoms with Crippen LogP contribution in [0.4, 0.5) is 4.79 Å². The van der Waals surface area contributed by atoms with E-state index in [2.05, 4.69) is 10.9 Å². The van der Waals surface area contributed by atoms with E-state index in [0.29, 0.717) is 36.5 Å². The van der Waals surface area contributed by atoms with E-state index in [0.717, 1.165) is 37.6 Å². The maximum absolute atomic E-state index is 13.1. The number of carbonyl (C=O) groups is 2. The van der Waals surface area contributed by atoms with Crippen LogP contribution in [0.3, 0.4) is 0 Å². The molecule has 8 nitrogen and oxygen atoms in total. The Bertz CT molecular complexity index is 1240. The van der Waals surface area contributed by atoms with Gasteiger partial charge >= 0.3 is 11.8 Å².